The van der Waals surface area contributed by atoms with E-state index in [1.165, 1.54) is 7.11 Å². The smallest absolute Gasteiger partial charge is 0.323 e. The van der Waals surface area contributed by atoms with E-state index in [1.807, 2.05) is 6.07 Å². The summed E-state index contributed by atoms with van der Waals surface area (Å²) in [6.45, 7) is 0.789. The van der Waals surface area contributed by atoms with Crippen molar-refractivity contribution >= 4 is 17.6 Å². The molecule has 0 saturated carbocycles. The summed E-state index contributed by atoms with van der Waals surface area (Å²) in [7, 11) is 3.20. The van der Waals surface area contributed by atoms with Crippen molar-refractivity contribution in [1.29, 1.82) is 0 Å². The van der Waals surface area contributed by atoms with Gasteiger partial charge in [0.1, 0.15) is 12.3 Å². The lowest BCUT2D eigenvalue weighted by Gasteiger charge is -2.20. The molecule has 0 atom stereocenters. The summed E-state index contributed by atoms with van der Waals surface area (Å²) in [5.41, 5.74) is 1.62. The van der Waals surface area contributed by atoms with E-state index < -0.39 is 11.9 Å². The van der Waals surface area contributed by atoms with Gasteiger partial charge in [0.15, 0.2) is 0 Å². The lowest BCUT2D eigenvalue weighted by Crippen LogP contribution is -2.25. The number of benzene rings is 1. The maximum absolute atomic E-state index is 10.7. The van der Waals surface area contributed by atoms with E-state index in [0.29, 0.717) is 24.5 Å². The van der Waals surface area contributed by atoms with E-state index in [1.54, 1.807) is 24.1 Å². The molecule has 116 valence electrons. The van der Waals surface area contributed by atoms with E-state index in [2.05, 4.69) is 5.32 Å². The SMILES string of the molecule is COc1cc(CNCCC(=O)O)ccc1N(C)CC(=O)O. The van der Waals surface area contributed by atoms with Crippen LogP contribution in [-0.2, 0) is 16.1 Å². The molecule has 7 heteroatoms. The van der Waals surface area contributed by atoms with Gasteiger partial charge in [0.05, 0.1) is 19.2 Å². The van der Waals surface area contributed by atoms with Crippen LogP contribution in [-0.4, -0.2) is 49.4 Å². The van der Waals surface area contributed by atoms with Crippen LogP contribution in [0.25, 0.3) is 0 Å². The molecule has 21 heavy (non-hydrogen) atoms. The van der Waals surface area contributed by atoms with Gasteiger partial charge in [0.25, 0.3) is 0 Å². The van der Waals surface area contributed by atoms with Gasteiger partial charge in [-0.05, 0) is 17.7 Å². The number of nitrogens with zero attached hydrogens (tertiary/aromatic N) is 1. The highest BCUT2D eigenvalue weighted by Crippen LogP contribution is 2.28. The Balaban J connectivity index is 2.69. The van der Waals surface area contributed by atoms with Crippen LogP contribution in [0, 0.1) is 0 Å². The number of rotatable bonds is 9. The molecule has 7 nitrogen and oxygen atoms in total. The van der Waals surface area contributed by atoms with Crippen LogP contribution in [0.2, 0.25) is 0 Å². The zero-order valence-electron chi connectivity index (χ0n) is 12.1. The molecule has 0 saturated heterocycles. The fourth-order valence-corrected chi connectivity index (χ4v) is 1.86. The summed E-state index contributed by atoms with van der Waals surface area (Å²) in [4.78, 5) is 22.7. The van der Waals surface area contributed by atoms with E-state index in [0.717, 1.165) is 5.56 Å². The van der Waals surface area contributed by atoms with E-state index >= 15 is 0 Å². The quantitative estimate of drug-likeness (QED) is 0.579. The molecule has 0 spiro atoms. The van der Waals surface area contributed by atoms with Crippen molar-refractivity contribution in [3.63, 3.8) is 0 Å². The molecule has 0 bridgehead atoms. The van der Waals surface area contributed by atoms with Gasteiger partial charge in [-0.15, -0.1) is 0 Å². The molecule has 1 aromatic carbocycles. The molecule has 0 heterocycles. The second-order valence-corrected chi connectivity index (χ2v) is 4.58. The Morgan fingerprint density at radius 1 is 1.29 bits per heavy atom. The molecule has 0 aliphatic carbocycles. The van der Waals surface area contributed by atoms with Crippen molar-refractivity contribution in [3.05, 3.63) is 23.8 Å². The van der Waals surface area contributed by atoms with Crippen LogP contribution in [0.15, 0.2) is 18.2 Å². The van der Waals surface area contributed by atoms with Gasteiger partial charge in [0.2, 0.25) is 0 Å². The largest absolute Gasteiger partial charge is 0.495 e. The fourth-order valence-electron chi connectivity index (χ4n) is 1.86. The number of carboxylic acids is 2. The number of aliphatic carboxylic acids is 2. The molecule has 0 aromatic heterocycles. The molecule has 0 amide bonds. The monoisotopic (exact) mass is 296 g/mol. The summed E-state index contributed by atoms with van der Waals surface area (Å²) in [6, 6.07) is 5.45. The first kappa shape index (κ1) is 16.8. The first-order chi connectivity index (χ1) is 9.93. The van der Waals surface area contributed by atoms with E-state index in [4.69, 9.17) is 14.9 Å². The molecule has 0 fully saturated rings. The van der Waals surface area contributed by atoms with Crippen molar-refractivity contribution < 1.29 is 24.5 Å². The topological polar surface area (TPSA) is 99.1 Å². The minimum atomic E-state index is -0.918. The predicted octanol–water partition coefficient (Wildman–Crippen LogP) is 0.780. The van der Waals surface area contributed by atoms with Crippen molar-refractivity contribution in [3.8, 4) is 5.75 Å². The van der Waals surface area contributed by atoms with Crippen molar-refractivity contribution in [2.75, 3.05) is 32.1 Å². The zero-order valence-corrected chi connectivity index (χ0v) is 12.1. The zero-order chi connectivity index (χ0) is 15.8. The molecular weight excluding hydrogens is 276 g/mol. The van der Waals surface area contributed by atoms with Crippen LogP contribution in [0.3, 0.4) is 0 Å². The second kappa shape index (κ2) is 8.11. The van der Waals surface area contributed by atoms with Crippen LogP contribution in [0.5, 0.6) is 5.75 Å². The van der Waals surface area contributed by atoms with Gasteiger partial charge < -0.3 is 25.2 Å². The van der Waals surface area contributed by atoms with Crippen LogP contribution in [0.4, 0.5) is 5.69 Å². The molecule has 3 N–H and O–H groups in total. The fraction of sp³-hybridized carbons (Fsp3) is 0.429. The minimum absolute atomic E-state index is 0.0660. The van der Waals surface area contributed by atoms with Crippen LogP contribution in [0.1, 0.15) is 12.0 Å². The molecule has 0 radical (unpaired) electrons. The minimum Gasteiger partial charge on any atom is -0.495 e. The Bertz CT molecular complexity index is 504. The average molecular weight is 296 g/mol. The van der Waals surface area contributed by atoms with E-state index in [9.17, 15) is 9.59 Å². The Hall–Kier alpha value is -2.28. The summed E-state index contributed by atoms with van der Waals surface area (Å²) in [6.07, 6.45) is 0.0660. The van der Waals surface area contributed by atoms with Gasteiger partial charge in [-0.2, -0.15) is 0 Å². The number of anilines is 1. The highest BCUT2D eigenvalue weighted by molar-refractivity contribution is 5.75. The standard InChI is InChI=1S/C14H20N2O5/c1-16(9-14(19)20)11-4-3-10(7-12(11)21-2)8-15-6-5-13(17)18/h3-4,7,15H,5-6,8-9H2,1-2H3,(H,17,18)(H,19,20). The van der Waals surface area contributed by atoms with Gasteiger partial charge in [-0.1, -0.05) is 6.07 Å². The van der Waals surface area contributed by atoms with Crippen LogP contribution < -0.4 is 15.0 Å². The number of hydrogen-bond donors (Lipinski definition) is 3. The predicted molar refractivity (Wildman–Crippen MR) is 77.9 cm³/mol. The van der Waals surface area contributed by atoms with Gasteiger partial charge in [0, 0.05) is 20.1 Å². The Morgan fingerprint density at radius 3 is 2.57 bits per heavy atom. The number of carboxylic acid groups (broad SMARTS) is 2. The number of nitrogens with one attached hydrogen (secondary N) is 1. The lowest BCUT2D eigenvalue weighted by atomic mass is 10.1. The van der Waals surface area contributed by atoms with E-state index in [-0.39, 0.29) is 13.0 Å². The molecule has 0 aliphatic heterocycles. The maximum atomic E-state index is 10.7. The second-order valence-electron chi connectivity index (χ2n) is 4.58. The van der Waals surface area contributed by atoms with Crippen molar-refractivity contribution in [2.45, 2.75) is 13.0 Å². The molecule has 0 aliphatic rings. The van der Waals surface area contributed by atoms with Crippen LogP contribution >= 0.6 is 0 Å². The number of hydrogen-bond acceptors (Lipinski definition) is 5. The number of methoxy groups -OCH3 is 1. The maximum Gasteiger partial charge on any atom is 0.323 e. The average Bonchev–Trinajstić information content (AvgIpc) is 2.42. The highest BCUT2D eigenvalue weighted by atomic mass is 16.5. The van der Waals surface area contributed by atoms with Gasteiger partial charge in [-0.3, -0.25) is 9.59 Å². The molecule has 1 rings (SSSR count). The Labute approximate surface area is 123 Å². The first-order valence-corrected chi connectivity index (χ1v) is 6.46. The van der Waals surface area contributed by atoms with Gasteiger partial charge in [-0.25, -0.2) is 0 Å². The Kier molecular flexibility index (Phi) is 6.48. The third-order valence-corrected chi connectivity index (χ3v) is 2.87. The first-order valence-electron chi connectivity index (χ1n) is 6.46. The highest BCUT2D eigenvalue weighted by Gasteiger charge is 2.11. The normalized spacial score (nSPS) is 10.2. The number of carbonyl (C=O) groups is 2. The molecular formula is C14H20N2O5. The Morgan fingerprint density at radius 2 is 2.00 bits per heavy atom. The lowest BCUT2D eigenvalue weighted by molar-refractivity contribution is -0.137. The van der Waals surface area contributed by atoms with Crippen molar-refractivity contribution in [1.82, 2.24) is 5.32 Å². The summed E-state index contributed by atoms with van der Waals surface area (Å²) in [5.74, 6) is -1.18. The third-order valence-electron chi connectivity index (χ3n) is 2.87. The van der Waals surface area contributed by atoms with Gasteiger partial charge >= 0.3 is 11.9 Å². The number of likely N-dealkylation sites (N-methyl/N-ethyl adjacent to an activating group) is 1. The number of ether oxygens (including phenoxy) is 1. The molecule has 1 aromatic rings. The molecule has 0 unspecified atom stereocenters. The van der Waals surface area contributed by atoms with Crippen molar-refractivity contribution in [2.24, 2.45) is 0 Å². The third kappa shape index (κ3) is 5.70. The summed E-state index contributed by atoms with van der Waals surface area (Å²) in [5, 5.41) is 20.4. The summed E-state index contributed by atoms with van der Waals surface area (Å²) >= 11 is 0. The summed E-state index contributed by atoms with van der Waals surface area (Å²) < 4.78 is 5.28.